The van der Waals surface area contributed by atoms with Crippen molar-refractivity contribution < 1.29 is 9.18 Å². The van der Waals surface area contributed by atoms with E-state index in [-0.39, 0.29) is 11.8 Å². The van der Waals surface area contributed by atoms with Gasteiger partial charge in [0, 0.05) is 18.8 Å². The van der Waals surface area contributed by atoms with E-state index >= 15 is 0 Å². The molecular weight excluding hydrogens is 321 g/mol. The lowest BCUT2D eigenvalue weighted by molar-refractivity contribution is 0.252. The summed E-state index contributed by atoms with van der Waals surface area (Å²) in [7, 11) is 0. The number of nitrogens with one attached hydrogen (secondary N) is 2. The summed E-state index contributed by atoms with van der Waals surface area (Å²) in [6, 6.07) is 13.3. The van der Waals surface area contributed by atoms with Crippen molar-refractivity contribution in [2.24, 2.45) is 0 Å². The van der Waals surface area contributed by atoms with Gasteiger partial charge in [0.2, 0.25) is 0 Å². The van der Waals surface area contributed by atoms with Gasteiger partial charge in [-0.1, -0.05) is 18.2 Å². The van der Waals surface area contributed by atoms with Crippen molar-refractivity contribution in [3.63, 3.8) is 0 Å². The second-order valence-electron chi connectivity index (χ2n) is 5.45. The third-order valence-electron chi connectivity index (χ3n) is 3.61. The molecule has 0 fully saturated rings. The summed E-state index contributed by atoms with van der Waals surface area (Å²) in [6.07, 6.45) is 3.96. The van der Waals surface area contributed by atoms with Gasteiger partial charge in [0.05, 0.1) is 18.4 Å². The number of carbonyl (C=O) groups is 1. The number of hydrogen-bond donors (Lipinski definition) is 2. The van der Waals surface area contributed by atoms with Gasteiger partial charge in [0.1, 0.15) is 11.6 Å². The summed E-state index contributed by atoms with van der Waals surface area (Å²) in [6.45, 7) is 0.922. The van der Waals surface area contributed by atoms with E-state index in [0.29, 0.717) is 25.3 Å². The van der Waals surface area contributed by atoms with Crippen LogP contribution in [0.25, 0.3) is 0 Å². The lowest BCUT2D eigenvalue weighted by Crippen LogP contribution is -2.31. The van der Waals surface area contributed by atoms with Crippen LogP contribution < -0.4 is 10.6 Å². The van der Waals surface area contributed by atoms with Gasteiger partial charge in [0.25, 0.3) is 0 Å². The normalized spacial score (nSPS) is 10.4. The van der Waals surface area contributed by atoms with Gasteiger partial charge < -0.3 is 5.32 Å². The van der Waals surface area contributed by atoms with Gasteiger partial charge in [0.15, 0.2) is 0 Å². The fraction of sp³-hybridized carbons (Fsp3) is 0.167. The average Bonchev–Trinajstić information content (AvgIpc) is 3.04. The molecule has 2 amide bonds. The summed E-state index contributed by atoms with van der Waals surface area (Å²) in [4.78, 5) is 16.3. The van der Waals surface area contributed by atoms with E-state index in [2.05, 4.69) is 20.7 Å². The van der Waals surface area contributed by atoms with Gasteiger partial charge in [-0.3, -0.25) is 10.3 Å². The highest BCUT2D eigenvalue weighted by atomic mass is 19.1. The predicted molar refractivity (Wildman–Crippen MR) is 92.7 cm³/mol. The molecule has 0 aliphatic rings. The van der Waals surface area contributed by atoms with Crippen LogP contribution in [0.5, 0.6) is 0 Å². The fourth-order valence-corrected chi connectivity index (χ4v) is 2.34. The molecule has 0 saturated carbocycles. The Morgan fingerprint density at radius 3 is 2.68 bits per heavy atom. The van der Waals surface area contributed by atoms with E-state index in [1.54, 1.807) is 35.3 Å². The summed E-state index contributed by atoms with van der Waals surface area (Å²) >= 11 is 0. The van der Waals surface area contributed by atoms with Gasteiger partial charge in [-0.15, -0.1) is 0 Å². The van der Waals surface area contributed by atoms with Crippen LogP contribution in [0.4, 0.5) is 15.0 Å². The Bertz CT molecular complexity index is 817. The molecule has 6 nitrogen and oxygen atoms in total. The van der Waals surface area contributed by atoms with E-state index < -0.39 is 0 Å². The lowest BCUT2D eigenvalue weighted by atomic mass is 10.1. The third-order valence-corrected chi connectivity index (χ3v) is 3.61. The molecule has 2 N–H and O–H groups in total. The van der Waals surface area contributed by atoms with Crippen molar-refractivity contribution in [2.75, 3.05) is 11.9 Å². The molecule has 0 radical (unpaired) electrons. The minimum Gasteiger partial charge on any atom is -0.337 e. The van der Waals surface area contributed by atoms with Crippen LogP contribution in [0.1, 0.15) is 11.3 Å². The van der Waals surface area contributed by atoms with Crippen molar-refractivity contribution in [2.45, 2.75) is 13.0 Å². The maximum absolute atomic E-state index is 12.9. The molecule has 0 saturated heterocycles. The Hall–Kier alpha value is -3.22. The fourth-order valence-electron chi connectivity index (χ4n) is 2.34. The molecule has 0 unspecified atom stereocenters. The zero-order valence-corrected chi connectivity index (χ0v) is 13.5. The first-order valence-corrected chi connectivity index (χ1v) is 7.92. The highest BCUT2D eigenvalue weighted by molar-refractivity contribution is 5.88. The number of aromatic nitrogens is 3. The van der Waals surface area contributed by atoms with Gasteiger partial charge in [-0.25, -0.2) is 13.9 Å². The number of anilines is 1. The van der Waals surface area contributed by atoms with Crippen molar-refractivity contribution >= 4 is 11.8 Å². The first-order valence-electron chi connectivity index (χ1n) is 7.92. The maximum Gasteiger partial charge on any atom is 0.320 e. The Kier molecular flexibility index (Phi) is 5.36. The molecule has 7 heteroatoms. The number of halogens is 1. The molecule has 128 valence electrons. The number of amides is 2. The van der Waals surface area contributed by atoms with E-state index in [1.807, 2.05) is 18.2 Å². The van der Waals surface area contributed by atoms with Crippen LogP contribution in [-0.2, 0) is 13.0 Å². The first kappa shape index (κ1) is 16.6. The Balaban J connectivity index is 1.50. The second-order valence-corrected chi connectivity index (χ2v) is 5.45. The summed E-state index contributed by atoms with van der Waals surface area (Å²) in [5.41, 5.74) is 1.81. The van der Waals surface area contributed by atoms with Crippen LogP contribution in [0, 0.1) is 5.82 Å². The van der Waals surface area contributed by atoms with Crippen molar-refractivity contribution in [1.29, 1.82) is 0 Å². The van der Waals surface area contributed by atoms with Crippen LogP contribution in [0.15, 0.2) is 60.9 Å². The summed E-state index contributed by atoms with van der Waals surface area (Å²) in [5, 5.41) is 9.74. The minimum absolute atomic E-state index is 0.268. The summed E-state index contributed by atoms with van der Waals surface area (Å²) in [5.74, 6) is 0.320. The molecule has 0 spiro atoms. The van der Waals surface area contributed by atoms with Gasteiger partial charge >= 0.3 is 6.03 Å². The Morgan fingerprint density at radius 1 is 1.08 bits per heavy atom. The van der Waals surface area contributed by atoms with Crippen LogP contribution in [0.3, 0.4) is 0 Å². The SMILES string of the molecule is O=C(NCCc1ccc(F)cc1)Nc1ccnn1Cc1ccccn1. The van der Waals surface area contributed by atoms with E-state index in [4.69, 9.17) is 0 Å². The highest BCUT2D eigenvalue weighted by Crippen LogP contribution is 2.08. The first-order chi connectivity index (χ1) is 12.2. The molecule has 2 heterocycles. The summed E-state index contributed by atoms with van der Waals surface area (Å²) < 4.78 is 14.5. The maximum atomic E-state index is 12.9. The van der Waals surface area contributed by atoms with Crippen molar-refractivity contribution in [3.8, 4) is 0 Å². The smallest absolute Gasteiger partial charge is 0.320 e. The Labute approximate surface area is 144 Å². The lowest BCUT2D eigenvalue weighted by Gasteiger charge is -2.10. The molecule has 25 heavy (non-hydrogen) atoms. The Morgan fingerprint density at radius 2 is 1.92 bits per heavy atom. The zero-order valence-electron chi connectivity index (χ0n) is 13.5. The number of benzene rings is 1. The molecule has 3 aromatic rings. The highest BCUT2D eigenvalue weighted by Gasteiger charge is 2.07. The molecule has 2 aromatic heterocycles. The zero-order chi connectivity index (χ0) is 17.5. The minimum atomic E-state index is -0.315. The second kappa shape index (κ2) is 8.05. The van der Waals surface area contributed by atoms with Crippen LogP contribution in [0.2, 0.25) is 0 Å². The number of carbonyl (C=O) groups excluding carboxylic acids is 1. The van der Waals surface area contributed by atoms with Crippen LogP contribution >= 0.6 is 0 Å². The van der Waals surface area contributed by atoms with E-state index in [1.165, 1.54) is 12.1 Å². The van der Waals surface area contributed by atoms with E-state index in [9.17, 15) is 9.18 Å². The molecule has 3 rings (SSSR count). The van der Waals surface area contributed by atoms with Gasteiger partial charge in [-0.2, -0.15) is 5.10 Å². The molecule has 0 aliphatic heterocycles. The van der Waals surface area contributed by atoms with Crippen molar-refractivity contribution in [1.82, 2.24) is 20.1 Å². The topological polar surface area (TPSA) is 71.8 Å². The molecule has 0 atom stereocenters. The standard InChI is InChI=1S/C18H18FN5O/c19-15-6-4-14(5-7-15)8-11-21-18(25)23-17-9-12-22-24(17)13-16-3-1-2-10-20-16/h1-7,9-10,12H,8,11,13H2,(H2,21,23,25). The number of urea groups is 1. The predicted octanol–water partition coefficient (Wildman–Crippen LogP) is 2.83. The van der Waals surface area contributed by atoms with Gasteiger partial charge in [-0.05, 0) is 36.2 Å². The number of rotatable bonds is 6. The molecule has 0 aliphatic carbocycles. The largest absolute Gasteiger partial charge is 0.337 e. The molecule has 0 bridgehead atoms. The number of nitrogens with zero attached hydrogens (tertiary/aromatic N) is 3. The number of hydrogen-bond acceptors (Lipinski definition) is 3. The van der Waals surface area contributed by atoms with Crippen LogP contribution in [-0.4, -0.2) is 27.3 Å². The monoisotopic (exact) mass is 339 g/mol. The van der Waals surface area contributed by atoms with Crippen molar-refractivity contribution in [3.05, 3.63) is 78.0 Å². The third kappa shape index (κ3) is 4.87. The quantitative estimate of drug-likeness (QED) is 0.725. The van der Waals surface area contributed by atoms with E-state index in [0.717, 1.165) is 11.3 Å². The molecule has 1 aromatic carbocycles. The average molecular weight is 339 g/mol. The molecular formula is C18H18FN5O. The number of pyridine rings is 1.